The summed E-state index contributed by atoms with van der Waals surface area (Å²) in [6, 6.07) is 13.1. The van der Waals surface area contributed by atoms with E-state index in [-0.39, 0.29) is 0 Å². The maximum atomic E-state index is 5.02. The van der Waals surface area contributed by atoms with Crippen LogP contribution in [0.1, 0.15) is 19.5 Å². The Balaban J connectivity index is 1.25. The molecule has 1 aromatic heterocycles. The van der Waals surface area contributed by atoms with Crippen LogP contribution in [0.5, 0.6) is 0 Å². The van der Waals surface area contributed by atoms with Gasteiger partial charge in [-0.15, -0.1) is 0 Å². The van der Waals surface area contributed by atoms with Crippen molar-refractivity contribution in [3.05, 3.63) is 48.4 Å². The van der Waals surface area contributed by atoms with Crippen LogP contribution in [0.15, 0.2) is 52.2 Å². The Morgan fingerprint density at radius 3 is 2.44 bits per heavy atom. The number of nitrogens with zero attached hydrogens (tertiary/aromatic N) is 6. The topological polar surface area (TPSA) is 63.4 Å². The molecule has 0 amide bonds. The molecule has 2 aromatic rings. The van der Waals surface area contributed by atoms with Crippen LogP contribution >= 0.6 is 0 Å². The van der Waals surface area contributed by atoms with Gasteiger partial charge < -0.3 is 19.6 Å². The first-order valence-electron chi connectivity index (χ1n) is 11.9. The summed E-state index contributed by atoms with van der Waals surface area (Å²) < 4.78 is 4.96. The highest BCUT2D eigenvalue weighted by molar-refractivity contribution is 5.80. The molecule has 4 rings (SSSR count). The van der Waals surface area contributed by atoms with Gasteiger partial charge in [0.15, 0.2) is 5.96 Å². The number of guanidine groups is 1. The van der Waals surface area contributed by atoms with Crippen LogP contribution in [0.4, 0.5) is 5.69 Å². The number of aromatic nitrogens is 1. The number of hydrogen-bond acceptors (Lipinski definition) is 6. The molecule has 1 N–H and O–H groups in total. The Kier molecular flexibility index (Phi) is 8.01. The Hall–Kier alpha value is -2.58. The summed E-state index contributed by atoms with van der Waals surface area (Å²) in [6.45, 7) is 15.3. The highest BCUT2D eigenvalue weighted by atomic mass is 16.5. The number of aliphatic imine (C=N–C) groups is 1. The van der Waals surface area contributed by atoms with E-state index in [9.17, 15) is 0 Å². The molecule has 2 aliphatic heterocycles. The Bertz CT molecular complexity index is 810. The zero-order valence-corrected chi connectivity index (χ0v) is 19.5. The van der Waals surface area contributed by atoms with Gasteiger partial charge in [-0.2, -0.15) is 0 Å². The van der Waals surface area contributed by atoms with Gasteiger partial charge >= 0.3 is 0 Å². The van der Waals surface area contributed by atoms with Crippen molar-refractivity contribution in [3.63, 3.8) is 0 Å². The third-order valence-electron chi connectivity index (χ3n) is 6.45. The fourth-order valence-electron chi connectivity index (χ4n) is 4.49. The molecule has 0 radical (unpaired) electrons. The van der Waals surface area contributed by atoms with Crippen LogP contribution < -0.4 is 10.2 Å². The number of benzene rings is 1. The van der Waals surface area contributed by atoms with Crippen LogP contribution in [-0.2, 0) is 6.54 Å². The van der Waals surface area contributed by atoms with Crippen molar-refractivity contribution in [1.29, 1.82) is 0 Å². The monoisotopic (exact) mass is 439 g/mol. The largest absolute Gasteiger partial charge is 0.369 e. The lowest BCUT2D eigenvalue weighted by molar-refractivity contribution is 0.168. The van der Waals surface area contributed by atoms with Crippen LogP contribution in [0.3, 0.4) is 0 Å². The number of hydrogen-bond donors (Lipinski definition) is 1. The second-order valence-electron chi connectivity index (χ2n) is 8.66. The maximum absolute atomic E-state index is 5.02. The first kappa shape index (κ1) is 22.6. The minimum Gasteiger partial charge on any atom is -0.369 e. The van der Waals surface area contributed by atoms with Gasteiger partial charge in [-0.05, 0) is 26.0 Å². The predicted molar refractivity (Wildman–Crippen MR) is 129 cm³/mol. The molecular weight excluding hydrogens is 402 g/mol. The van der Waals surface area contributed by atoms with Crippen molar-refractivity contribution in [3.8, 4) is 0 Å². The Morgan fingerprint density at radius 2 is 1.78 bits per heavy atom. The molecule has 174 valence electrons. The number of para-hydroxylation sites is 1. The van der Waals surface area contributed by atoms with Crippen LogP contribution in [0.2, 0.25) is 0 Å². The second-order valence-corrected chi connectivity index (χ2v) is 8.66. The molecule has 2 aliphatic rings. The number of rotatable bonds is 7. The van der Waals surface area contributed by atoms with E-state index in [1.54, 1.807) is 6.26 Å². The average molecular weight is 440 g/mol. The number of anilines is 1. The van der Waals surface area contributed by atoms with E-state index in [4.69, 9.17) is 9.52 Å². The van der Waals surface area contributed by atoms with Gasteiger partial charge in [0, 0.05) is 83.2 Å². The zero-order chi connectivity index (χ0) is 22.2. The molecule has 0 bridgehead atoms. The molecule has 1 aromatic carbocycles. The minimum atomic E-state index is 0.440. The standard InChI is InChI=1S/C24H37N7O/c1-3-25-24(31-12-10-28(11-13-31)20-22-9-18-32-27-22)26-19-21(2)29-14-16-30(17-15-29)23-7-5-4-6-8-23/h4-9,18,21H,3,10-17,19-20H2,1-2H3,(H,25,26). The quantitative estimate of drug-likeness (QED) is 0.523. The zero-order valence-electron chi connectivity index (χ0n) is 19.5. The summed E-state index contributed by atoms with van der Waals surface area (Å²) in [4.78, 5) is 14.9. The fraction of sp³-hybridized carbons (Fsp3) is 0.583. The van der Waals surface area contributed by atoms with E-state index in [2.05, 4.69) is 74.3 Å². The molecular formula is C24H37N7O. The van der Waals surface area contributed by atoms with Crippen molar-refractivity contribution in [2.45, 2.75) is 26.4 Å². The first-order chi connectivity index (χ1) is 15.7. The number of piperazine rings is 2. The lowest BCUT2D eigenvalue weighted by atomic mass is 10.2. The van der Waals surface area contributed by atoms with E-state index >= 15 is 0 Å². The molecule has 2 fully saturated rings. The summed E-state index contributed by atoms with van der Waals surface area (Å²) in [5, 5.41) is 7.54. The molecule has 3 heterocycles. The maximum Gasteiger partial charge on any atom is 0.194 e. The average Bonchev–Trinajstić information content (AvgIpc) is 3.36. The molecule has 1 unspecified atom stereocenters. The van der Waals surface area contributed by atoms with Crippen LogP contribution in [0.25, 0.3) is 0 Å². The van der Waals surface area contributed by atoms with Gasteiger partial charge in [0.25, 0.3) is 0 Å². The summed E-state index contributed by atoms with van der Waals surface area (Å²) >= 11 is 0. The van der Waals surface area contributed by atoms with Crippen molar-refractivity contribution < 1.29 is 4.52 Å². The van der Waals surface area contributed by atoms with Gasteiger partial charge in [0.2, 0.25) is 0 Å². The minimum absolute atomic E-state index is 0.440. The lowest BCUT2D eigenvalue weighted by Gasteiger charge is -2.39. The summed E-state index contributed by atoms with van der Waals surface area (Å²) in [5.74, 6) is 1.04. The molecule has 8 nitrogen and oxygen atoms in total. The van der Waals surface area contributed by atoms with Crippen molar-refractivity contribution in [2.24, 2.45) is 4.99 Å². The van der Waals surface area contributed by atoms with Gasteiger partial charge in [-0.3, -0.25) is 14.8 Å². The summed E-state index contributed by atoms with van der Waals surface area (Å²) in [7, 11) is 0. The first-order valence-corrected chi connectivity index (χ1v) is 11.9. The highest BCUT2D eigenvalue weighted by Gasteiger charge is 2.23. The Morgan fingerprint density at radius 1 is 1.03 bits per heavy atom. The van der Waals surface area contributed by atoms with Gasteiger partial charge in [0.05, 0.1) is 12.2 Å². The number of nitrogens with one attached hydrogen (secondary N) is 1. The Labute approximate surface area is 191 Å². The molecule has 32 heavy (non-hydrogen) atoms. The van der Waals surface area contributed by atoms with E-state index in [1.807, 2.05) is 6.07 Å². The van der Waals surface area contributed by atoms with Crippen molar-refractivity contribution >= 4 is 11.6 Å². The smallest absolute Gasteiger partial charge is 0.194 e. The molecule has 0 spiro atoms. The third kappa shape index (κ3) is 6.01. The molecule has 0 saturated carbocycles. The predicted octanol–water partition coefficient (Wildman–Crippen LogP) is 1.97. The molecule has 1 atom stereocenters. The highest BCUT2D eigenvalue weighted by Crippen LogP contribution is 2.17. The van der Waals surface area contributed by atoms with E-state index in [0.29, 0.717) is 6.04 Å². The van der Waals surface area contributed by atoms with Gasteiger partial charge in [-0.1, -0.05) is 23.4 Å². The molecule has 8 heteroatoms. The van der Waals surface area contributed by atoms with E-state index in [1.165, 1.54) is 5.69 Å². The summed E-state index contributed by atoms with van der Waals surface area (Å²) in [6.07, 6.45) is 1.64. The molecule has 2 saturated heterocycles. The van der Waals surface area contributed by atoms with E-state index in [0.717, 1.165) is 83.6 Å². The normalized spacial score (nSPS) is 19.9. The second kappa shape index (κ2) is 11.3. The van der Waals surface area contributed by atoms with Gasteiger partial charge in [-0.25, -0.2) is 0 Å². The summed E-state index contributed by atoms with van der Waals surface area (Å²) in [5.41, 5.74) is 2.33. The van der Waals surface area contributed by atoms with E-state index < -0.39 is 0 Å². The molecule has 0 aliphatic carbocycles. The van der Waals surface area contributed by atoms with Crippen molar-refractivity contribution in [2.75, 3.05) is 70.3 Å². The van der Waals surface area contributed by atoms with Crippen molar-refractivity contribution in [1.82, 2.24) is 25.2 Å². The van der Waals surface area contributed by atoms with Gasteiger partial charge in [0.1, 0.15) is 6.26 Å². The fourth-order valence-corrected chi connectivity index (χ4v) is 4.49. The van der Waals surface area contributed by atoms with Crippen LogP contribution in [-0.4, -0.2) is 97.3 Å². The third-order valence-corrected chi connectivity index (χ3v) is 6.45. The lowest BCUT2D eigenvalue weighted by Crippen LogP contribution is -2.53. The SMILES string of the molecule is CCNC(=NCC(C)N1CCN(c2ccccc2)CC1)N1CCN(Cc2ccon2)CC1. The van der Waals surface area contributed by atoms with Crippen LogP contribution in [0, 0.1) is 0 Å².